The summed E-state index contributed by atoms with van der Waals surface area (Å²) in [5, 5.41) is 5.29. The second-order valence-electron chi connectivity index (χ2n) is 17.0. The summed E-state index contributed by atoms with van der Waals surface area (Å²) < 4.78 is 17.7. The number of hydrogen-bond donors (Lipinski definition) is 3. The molecule has 1 atom stereocenters. The molecule has 1 unspecified atom stereocenters. The minimum absolute atomic E-state index is 0.0817. The number of nitrogens with two attached hydrogens (primary N) is 1. The Kier molecular flexibility index (Phi) is 10.3. The molecule has 0 radical (unpaired) electrons. The lowest BCUT2D eigenvalue weighted by Gasteiger charge is -2.54. The maximum atomic E-state index is 15.8. The van der Waals surface area contributed by atoms with E-state index >= 15 is 4.39 Å². The molecule has 324 valence electrons. The van der Waals surface area contributed by atoms with E-state index in [0.29, 0.717) is 27.7 Å². The van der Waals surface area contributed by atoms with Crippen LogP contribution in [0.4, 0.5) is 27.7 Å². The Bertz CT molecular complexity index is 2700. The number of pyridine rings is 1. The Morgan fingerprint density at radius 3 is 2.35 bits per heavy atom. The molecule has 1 spiro atoms. The molecule has 4 fully saturated rings. The lowest BCUT2D eigenvalue weighted by molar-refractivity contribution is -0.136. The predicted molar refractivity (Wildman–Crippen MR) is 232 cm³/mol. The van der Waals surface area contributed by atoms with Gasteiger partial charge >= 0.3 is 0 Å². The quantitative estimate of drug-likeness (QED) is 0.182. The fraction of sp³-hybridized carbons (Fsp3) is 0.364. The monoisotopic (exact) mass is 874 g/mol. The zero-order valence-corrected chi connectivity index (χ0v) is 35.0. The molecule has 5 aliphatic rings. The molecule has 0 aliphatic carbocycles. The second kappa shape index (κ2) is 16.0. The molecular weight excluding hydrogens is 831 g/mol. The molecule has 4 N–H and O–H groups in total. The first-order valence-corrected chi connectivity index (χ1v) is 21.5. The fourth-order valence-corrected chi connectivity index (χ4v) is 9.85. The van der Waals surface area contributed by atoms with Gasteiger partial charge in [0.2, 0.25) is 17.8 Å². The van der Waals surface area contributed by atoms with Crippen molar-refractivity contribution in [3.05, 3.63) is 94.7 Å². The van der Waals surface area contributed by atoms with E-state index in [1.807, 2.05) is 10.5 Å². The number of imidazole rings is 1. The average molecular weight is 875 g/mol. The van der Waals surface area contributed by atoms with Gasteiger partial charge in [0.1, 0.15) is 34.7 Å². The summed E-state index contributed by atoms with van der Waals surface area (Å²) >= 11 is 6.02. The summed E-state index contributed by atoms with van der Waals surface area (Å²) in [4.78, 5) is 87.3. The fourth-order valence-electron chi connectivity index (χ4n) is 9.70. The van der Waals surface area contributed by atoms with E-state index in [0.717, 1.165) is 88.9 Å². The summed E-state index contributed by atoms with van der Waals surface area (Å²) in [5.41, 5.74) is 9.22. The molecule has 19 heteroatoms. The number of nitrogens with one attached hydrogen (secondary N) is 2. The number of halogens is 2. The highest BCUT2D eigenvalue weighted by Gasteiger charge is 2.46. The van der Waals surface area contributed by atoms with E-state index in [4.69, 9.17) is 22.3 Å². The van der Waals surface area contributed by atoms with Crippen molar-refractivity contribution in [2.45, 2.75) is 31.7 Å². The van der Waals surface area contributed by atoms with E-state index in [1.54, 1.807) is 30.6 Å². The van der Waals surface area contributed by atoms with Crippen molar-refractivity contribution < 1.29 is 28.4 Å². The number of nitrogens with zero attached hydrogens (tertiary/aromatic N) is 9. The number of likely N-dealkylation sites (tertiary alicyclic amines) is 1. The van der Waals surface area contributed by atoms with Crippen molar-refractivity contribution >= 4 is 69.9 Å². The van der Waals surface area contributed by atoms with Crippen molar-refractivity contribution in [3.63, 3.8) is 0 Å². The normalized spacial score (nSPS) is 20.3. The topological polar surface area (TPSA) is 195 Å². The van der Waals surface area contributed by atoms with Crippen LogP contribution in [0.3, 0.4) is 0 Å². The number of piperidine rings is 2. The molecule has 3 aromatic heterocycles. The van der Waals surface area contributed by atoms with Crippen LogP contribution >= 0.6 is 11.6 Å². The van der Waals surface area contributed by atoms with Gasteiger partial charge in [0, 0.05) is 112 Å². The highest BCUT2D eigenvalue weighted by atomic mass is 35.5. The molecule has 2 aromatic carbocycles. The molecule has 5 aliphatic heterocycles. The molecular formula is C44H44ClFN12O5. The van der Waals surface area contributed by atoms with Gasteiger partial charge < -0.3 is 25.8 Å². The SMILES string of the molecule is Nc1nccn2c(N3CCC4(CC3)CN(CCN3CCN(c5ccc6c(c5)C(=O)N(C5CCC(=O)NC5=O)C6=O)CC3)C4)nc(-c3ccc(C(=O)Nc4cc(Cl)ccn4)cc3F)c12. The van der Waals surface area contributed by atoms with Crippen LogP contribution in [0.25, 0.3) is 16.8 Å². The molecule has 10 rings (SSSR count). The van der Waals surface area contributed by atoms with Gasteiger partial charge in [-0.3, -0.25) is 43.5 Å². The second-order valence-corrected chi connectivity index (χ2v) is 17.4. The third-order valence-corrected chi connectivity index (χ3v) is 13.4. The van der Waals surface area contributed by atoms with E-state index in [9.17, 15) is 24.0 Å². The Hall–Kier alpha value is -6.50. The molecule has 17 nitrogen and oxygen atoms in total. The van der Waals surface area contributed by atoms with Gasteiger partial charge in [-0.2, -0.15) is 0 Å². The van der Waals surface area contributed by atoms with Crippen LogP contribution in [-0.4, -0.2) is 135 Å². The Morgan fingerprint density at radius 2 is 1.60 bits per heavy atom. The third-order valence-electron chi connectivity index (χ3n) is 13.1. The summed E-state index contributed by atoms with van der Waals surface area (Å²) in [6.07, 6.45) is 7.06. The number of carbonyl (C=O) groups is 5. The summed E-state index contributed by atoms with van der Waals surface area (Å²) in [7, 11) is 0. The largest absolute Gasteiger partial charge is 0.382 e. The molecule has 63 heavy (non-hydrogen) atoms. The molecule has 0 bridgehead atoms. The zero-order valence-electron chi connectivity index (χ0n) is 34.2. The van der Waals surface area contributed by atoms with Crippen molar-refractivity contribution in [3.8, 4) is 11.3 Å². The summed E-state index contributed by atoms with van der Waals surface area (Å²) in [6, 6.07) is 11.6. The van der Waals surface area contributed by atoms with Crippen molar-refractivity contribution in [1.29, 1.82) is 0 Å². The molecule has 0 saturated carbocycles. The number of piperazine rings is 1. The number of amides is 5. The first kappa shape index (κ1) is 40.6. The van der Waals surface area contributed by atoms with E-state index in [-0.39, 0.29) is 46.6 Å². The first-order chi connectivity index (χ1) is 30.4. The highest BCUT2D eigenvalue weighted by molar-refractivity contribution is 6.30. The first-order valence-electron chi connectivity index (χ1n) is 21.1. The van der Waals surface area contributed by atoms with Crippen LogP contribution in [0.2, 0.25) is 5.02 Å². The van der Waals surface area contributed by atoms with Gasteiger partial charge in [-0.1, -0.05) is 11.6 Å². The lowest BCUT2D eigenvalue weighted by Crippen LogP contribution is -2.61. The predicted octanol–water partition coefficient (Wildman–Crippen LogP) is 3.54. The number of rotatable bonds is 9. The van der Waals surface area contributed by atoms with Crippen molar-refractivity contribution in [1.82, 2.24) is 39.4 Å². The summed E-state index contributed by atoms with van der Waals surface area (Å²) in [6.45, 7) is 8.85. The number of anilines is 4. The molecule has 8 heterocycles. The number of nitrogen functional groups attached to an aromatic ring is 1. The smallest absolute Gasteiger partial charge is 0.262 e. The standard InChI is InChI=1S/C44H44ClFN12O5/c45-27-7-10-48-34(22-27)50-39(60)26-1-3-30(32(46)21-26)36-37-38(47)49-11-14-57(37)43(52-36)56-12-8-44(9-13-56)24-54(25-44)16-15-53-17-19-55(20-18-53)28-2-4-29-31(23-28)42(63)58(41(29)62)33-5-6-35(59)51-40(33)61/h1-4,7,10-11,14,21-23,33H,5-6,8-9,12-13,15-20,24-25H2,(H2,47,49)(H,48,50,60)(H,51,59,61). The van der Waals surface area contributed by atoms with Crippen LogP contribution in [0.5, 0.6) is 0 Å². The van der Waals surface area contributed by atoms with Crippen LogP contribution in [0, 0.1) is 11.2 Å². The van der Waals surface area contributed by atoms with E-state index in [2.05, 4.69) is 40.2 Å². The van der Waals surface area contributed by atoms with Gasteiger partial charge in [-0.05, 0) is 73.2 Å². The average Bonchev–Trinajstić information content (AvgIpc) is 3.77. The Balaban J connectivity index is 0.719. The highest BCUT2D eigenvalue weighted by Crippen LogP contribution is 2.42. The maximum absolute atomic E-state index is 15.8. The number of imide groups is 2. The van der Waals surface area contributed by atoms with Gasteiger partial charge in [0.05, 0.1) is 11.1 Å². The van der Waals surface area contributed by atoms with E-state index in [1.165, 1.54) is 30.5 Å². The molecule has 4 saturated heterocycles. The van der Waals surface area contributed by atoms with Crippen LogP contribution in [-0.2, 0) is 9.59 Å². The number of carbonyl (C=O) groups excluding carboxylic acids is 5. The Labute approximate surface area is 366 Å². The summed E-state index contributed by atoms with van der Waals surface area (Å²) in [5.74, 6) is -2.02. The zero-order chi connectivity index (χ0) is 43.6. The lowest BCUT2D eigenvalue weighted by atomic mass is 9.72. The van der Waals surface area contributed by atoms with Crippen molar-refractivity contribution in [2.75, 3.05) is 86.3 Å². The number of hydrogen-bond acceptors (Lipinski definition) is 13. The van der Waals surface area contributed by atoms with Gasteiger partial charge in [0.15, 0.2) is 0 Å². The van der Waals surface area contributed by atoms with Crippen LogP contribution < -0.4 is 26.2 Å². The third kappa shape index (κ3) is 7.50. The van der Waals surface area contributed by atoms with E-state index < -0.39 is 41.4 Å². The van der Waals surface area contributed by atoms with Crippen LogP contribution in [0.15, 0.2) is 67.1 Å². The van der Waals surface area contributed by atoms with Gasteiger partial charge in [0.25, 0.3) is 17.7 Å². The van der Waals surface area contributed by atoms with Gasteiger partial charge in [-0.25, -0.2) is 19.3 Å². The number of benzene rings is 2. The Morgan fingerprint density at radius 1 is 0.857 bits per heavy atom. The maximum Gasteiger partial charge on any atom is 0.262 e. The minimum atomic E-state index is -0.986. The minimum Gasteiger partial charge on any atom is -0.382 e. The number of fused-ring (bicyclic) bond motifs is 2. The number of aromatic nitrogens is 4. The van der Waals surface area contributed by atoms with Gasteiger partial charge in [-0.15, -0.1) is 0 Å². The molecule has 5 aromatic rings. The van der Waals surface area contributed by atoms with Crippen molar-refractivity contribution in [2.24, 2.45) is 5.41 Å². The van der Waals surface area contributed by atoms with Crippen LogP contribution in [0.1, 0.15) is 56.8 Å². The molecule has 5 amide bonds.